The van der Waals surface area contributed by atoms with E-state index in [2.05, 4.69) is 47.1 Å². The first-order valence-electron chi connectivity index (χ1n) is 12.8. The van der Waals surface area contributed by atoms with Gasteiger partial charge in [0.1, 0.15) is 18.2 Å². The summed E-state index contributed by atoms with van der Waals surface area (Å²) in [6.07, 6.45) is 5.31. The zero-order valence-electron chi connectivity index (χ0n) is 20.9. The van der Waals surface area contributed by atoms with E-state index in [-0.39, 0.29) is 5.91 Å². The van der Waals surface area contributed by atoms with E-state index >= 15 is 0 Å². The average molecular weight is 504 g/mol. The Kier molecular flexibility index (Phi) is 9.40. The van der Waals surface area contributed by atoms with Gasteiger partial charge in [-0.15, -0.1) is 0 Å². The van der Waals surface area contributed by atoms with Crippen molar-refractivity contribution in [2.45, 2.75) is 52.0 Å². The molecular formula is C30H34ClN3O2. The molecule has 1 heterocycles. The molecule has 6 heteroatoms. The third-order valence-corrected chi connectivity index (χ3v) is 6.58. The maximum atomic E-state index is 12.2. The minimum absolute atomic E-state index is 0.0449. The molecule has 36 heavy (non-hydrogen) atoms. The molecule has 1 amide bonds. The lowest BCUT2D eigenvalue weighted by atomic mass is 10.1. The van der Waals surface area contributed by atoms with Gasteiger partial charge in [0.05, 0.1) is 24.0 Å². The van der Waals surface area contributed by atoms with Crippen molar-refractivity contribution in [3.63, 3.8) is 0 Å². The fourth-order valence-electron chi connectivity index (χ4n) is 4.30. The van der Waals surface area contributed by atoms with Crippen LogP contribution in [0.5, 0.6) is 5.75 Å². The van der Waals surface area contributed by atoms with Gasteiger partial charge in [-0.25, -0.2) is 4.98 Å². The molecule has 4 aromatic rings. The third kappa shape index (κ3) is 7.34. The Hall–Kier alpha value is -3.31. The van der Waals surface area contributed by atoms with Crippen molar-refractivity contribution in [3.8, 4) is 5.75 Å². The molecule has 4 rings (SSSR count). The van der Waals surface area contributed by atoms with Gasteiger partial charge in [0.2, 0.25) is 5.91 Å². The highest BCUT2D eigenvalue weighted by Crippen LogP contribution is 2.19. The number of nitrogens with one attached hydrogen (secondary N) is 1. The Morgan fingerprint density at radius 3 is 2.47 bits per heavy atom. The van der Waals surface area contributed by atoms with E-state index in [1.165, 1.54) is 5.56 Å². The fourth-order valence-corrected chi connectivity index (χ4v) is 4.43. The van der Waals surface area contributed by atoms with E-state index in [0.717, 1.165) is 66.8 Å². The topological polar surface area (TPSA) is 56.1 Å². The molecule has 0 bridgehead atoms. The predicted molar refractivity (Wildman–Crippen MR) is 147 cm³/mol. The summed E-state index contributed by atoms with van der Waals surface area (Å²) in [5, 5.41) is 3.70. The second kappa shape index (κ2) is 13.1. The molecule has 0 fully saturated rings. The zero-order chi connectivity index (χ0) is 25.2. The van der Waals surface area contributed by atoms with Gasteiger partial charge in [0, 0.05) is 18.0 Å². The third-order valence-electron chi connectivity index (χ3n) is 6.33. The summed E-state index contributed by atoms with van der Waals surface area (Å²) in [6, 6.07) is 24.0. The van der Waals surface area contributed by atoms with Gasteiger partial charge in [-0.2, -0.15) is 0 Å². The Balaban J connectivity index is 1.23. The molecule has 0 unspecified atom stereocenters. The monoisotopic (exact) mass is 503 g/mol. The number of benzene rings is 3. The van der Waals surface area contributed by atoms with Crippen molar-refractivity contribution >= 4 is 28.5 Å². The van der Waals surface area contributed by atoms with Crippen molar-refractivity contribution in [1.29, 1.82) is 0 Å². The summed E-state index contributed by atoms with van der Waals surface area (Å²) in [6.45, 7) is 4.19. The maximum absolute atomic E-state index is 12.2. The number of imidazole rings is 1. The van der Waals surface area contributed by atoms with E-state index in [1.807, 2.05) is 42.5 Å². The molecule has 0 radical (unpaired) electrons. The number of hydrogen-bond donors (Lipinski definition) is 1. The molecule has 0 aliphatic rings. The van der Waals surface area contributed by atoms with Crippen LogP contribution in [0, 0.1) is 0 Å². The quantitative estimate of drug-likeness (QED) is 0.215. The van der Waals surface area contributed by atoms with Crippen LogP contribution in [0.15, 0.2) is 72.8 Å². The summed E-state index contributed by atoms with van der Waals surface area (Å²) >= 11 is 5.90. The highest BCUT2D eigenvalue weighted by atomic mass is 35.5. The van der Waals surface area contributed by atoms with Gasteiger partial charge in [0.25, 0.3) is 0 Å². The van der Waals surface area contributed by atoms with Crippen LogP contribution in [-0.4, -0.2) is 28.6 Å². The smallest absolute Gasteiger partial charge is 0.224 e. The number of fused-ring (bicyclic) bond motifs is 1. The van der Waals surface area contributed by atoms with E-state index in [4.69, 9.17) is 21.3 Å². The standard InChI is InChI=1S/C30H34ClN3O2/c1-2-23-13-17-26(18-14-23)36-21-20-34-28-9-6-5-8-27(28)33-29(34)10-4-3-7-19-32-30(35)22-24-11-15-25(31)16-12-24/h5-6,8-9,11-18H,2-4,7,10,19-22H2,1H3,(H,32,35). The number of aromatic nitrogens is 2. The number of halogens is 1. The second-order valence-electron chi connectivity index (χ2n) is 8.98. The van der Waals surface area contributed by atoms with Gasteiger partial charge in [0.15, 0.2) is 0 Å². The SMILES string of the molecule is CCc1ccc(OCCn2c(CCCCCNC(=O)Cc3ccc(Cl)cc3)nc3ccccc32)cc1. The summed E-state index contributed by atoms with van der Waals surface area (Å²) in [5.74, 6) is 2.03. The van der Waals surface area contributed by atoms with Crippen molar-refractivity contribution in [1.82, 2.24) is 14.9 Å². The van der Waals surface area contributed by atoms with Crippen LogP contribution < -0.4 is 10.1 Å². The number of carbonyl (C=O) groups excluding carboxylic acids is 1. The van der Waals surface area contributed by atoms with Gasteiger partial charge >= 0.3 is 0 Å². The number of ether oxygens (including phenoxy) is 1. The molecule has 188 valence electrons. The van der Waals surface area contributed by atoms with Crippen molar-refractivity contribution in [2.24, 2.45) is 0 Å². The first-order chi connectivity index (χ1) is 17.6. The van der Waals surface area contributed by atoms with Crippen LogP contribution in [-0.2, 0) is 30.6 Å². The maximum Gasteiger partial charge on any atom is 0.224 e. The lowest BCUT2D eigenvalue weighted by molar-refractivity contribution is -0.120. The van der Waals surface area contributed by atoms with Crippen LogP contribution >= 0.6 is 11.6 Å². The summed E-state index contributed by atoms with van der Waals surface area (Å²) < 4.78 is 8.30. The summed E-state index contributed by atoms with van der Waals surface area (Å²) in [7, 11) is 0. The van der Waals surface area contributed by atoms with Crippen LogP contribution in [0.3, 0.4) is 0 Å². The van der Waals surface area contributed by atoms with Crippen molar-refractivity contribution in [3.05, 3.63) is 94.8 Å². The Morgan fingerprint density at radius 1 is 0.944 bits per heavy atom. The van der Waals surface area contributed by atoms with Gasteiger partial charge in [-0.1, -0.05) is 61.3 Å². The first kappa shape index (κ1) is 25.8. The molecular weight excluding hydrogens is 470 g/mol. The molecule has 0 aliphatic heterocycles. The van der Waals surface area contributed by atoms with Gasteiger partial charge in [-0.3, -0.25) is 4.79 Å². The summed E-state index contributed by atoms with van der Waals surface area (Å²) in [5.41, 5.74) is 4.45. The molecule has 0 saturated carbocycles. The number of hydrogen-bond acceptors (Lipinski definition) is 3. The molecule has 5 nitrogen and oxygen atoms in total. The number of unbranched alkanes of at least 4 members (excludes halogenated alkanes) is 2. The molecule has 3 aromatic carbocycles. The zero-order valence-corrected chi connectivity index (χ0v) is 21.6. The van der Waals surface area contributed by atoms with Crippen LogP contribution in [0.2, 0.25) is 5.02 Å². The highest BCUT2D eigenvalue weighted by Gasteiger charge is 2.11. The Morgan fingerprint density at radius 2 is 1.69 bits per heavy atom. The highest BCUT2D eigenvalue weighted by molar-refractivity contribution is 6.30. The number of carbonyl (C=O) groups is 1. The van der Waals surface area contributed by atoms with E-state index < -0.39 is 0 Å². The normalized spacial score (nSPS) is 11.1. The minimum atomic E-state index is 0.0449. The lowest BCUT2D eigenvalue weighted by Gasteiger charge is -2.11. The fraction of sp³-hybridized carbons (Fsp3) is 0.333. The number of amides is 1. The van der Waals surface area contributed by atoms with Crippen LogP contribution in [0.25, 0.3) is 11.0 Å². The van der Waals surface area contributed by atoms with E-state index in [0.29, 0.717) is 24.6 Å². The van der Waals surface area contributed by atoms with E-state index in [9.17, 15) is 4.79 Å². The predicted octanol–water partition coefficient (Wildman–Crippen LogP) is 6.40. The number of aryl methyl sites for hydroxylation is 2. The largest absolute Gasteiger partial charge is 0.492 e. The molecule has 0 aliphatic carbocycles. The van der Waals surface area contributed by atoms with Crippen LogP contribution in [0.4, 0.5) is 0 Å². The first-order valence-corrected chi connectivity index (χ1v) is 13.2. The number of nitrogens with zero attached hydrogens (tertiary/aromatic N) is 2. The molecule has 0 spiro atoms. The number of para-hydroxylation sites is 2. The van der Waals surface area contributed by atoms with Crippen molar-refractivity contribution in [2.75, 3.05) is 13.2 Å². The lowest BCUT2D eigenvalue weighted by Crippen LogP contribution is -2.26. The Labute approximate surface area is 218 Å². The van der Waals surface area contributed by atoms with Gasteiger partial charge in [-0.05, 0) is 66.8 Å². The molecule has 1 aromatic heterocycles. The number of rotatable bonds is 13. The molecule has 1 N–H and O–H groups in total. The van der Waals surface area contributed by atoms with Crippen molar-refractivity contribution < 1.29 is 9.53 Å². The molecule has 0 saturated heterocycles. The minimum Gasteiger partial charge on any atom is -0.492 e. The molecule has 0 atom stereocenters. The van der Waals surface area contributed by atoms with E-state index in [1.54, 1.807) is 0 Å². The van der Waals surface area contributed by atoms with Gasteiger partial charge < -0.3 is 14.6 Å². The average Bonchev–Trinajstić information content (AvgIpc) is 3.25. The summed E-state index contributed by atoms with van der Waals surface area (Å²) in [4.78, 5) is 17.0. The second-order valence-corrected chi connectivity index (χ2v) is 9.41. The Bertz CT molecular complexity index is 1250. The van der Waals surface area contributed by atoms with Crippen LogP contribution in [0.1, 0.15) is 43.1 Å².